The van der Waals surface area contributed by atoms with Crippen LogP contribution in [-0.2, 0) is 11.3 Å². The Hall–Kier alpha value is -4.02. The monoisotopic (exact) mass is 475 g/mol. The van der Waals surface area contributed by atoms with Gasteiger partial charge in [-0.1, -0.05) is 42.5 Å². The molecule has 2 aromatic heterocycles. The summed E-state index contributed by atoms with van der Waals surface area (Å²) in [6, 6.07) is 16.1. The molecule has 180 valence electrons. The number of aliphatic hydroxyl groups is 1. The number of rotatable bonds is 8. The fourth-order valence-electron chi connectivity index (χ4n) is 3.93. The minimum absolute atomic E-state index is 0.0164. The van der Waals surface area contributed by atoms with Gasteiger partial charge in [0, 0.05) is 18.2 Å². The molecule has 35 heavy (non-hydrogen) atoms. The molecule has 1 aliphatic heterocycles. The molecule has 2 aromatic carbocycles. The minimum atomic E-state index is -0.441. The van der Waals surface area contributed by atoms with Crippen molar-refractivity contribution in [1.82, 2.24) is 24.9 Å². The van der Waals surface area contributed by atoms with Crippen molar-refractivity contribution in [2.45, 2.75) is 13.5 Å². The van der Waals surface area contributed by atoms with Crippen LogP contribution in [0.5, 0.6) is 5.75 Å². The van der Waals surface area contributed by atoms with E-state index in [0.29, 0.717) is 42.6 Å². The van der Waals surface area contributed by atoms with Crippen LogP contribution in [-0.4, -0.2) is 57.0 Å². The summed E-state index contributed by atoms with van der Waals surface area (Å²) in [6.07, 6.45) is 0. The van der Waals surface area contributed by atoms with E-state index in [1.54, 1.807) is 12.1 Å². The third kappa shape index (κ3) is 4.53. The van der Waals surface area contributed by atoms with Gasteiger partial charge < -0.3 is 19.9 Å². The first-order valence-corrected chi connectivity index (χ1v) is 11.2. The third-order valence-corrected chi connectivity index (χ3v) is 6.04. The molecule has 5 rings (SSSR count). The molecular formula is C25H25N5O5. The van der Waals surface area contributed by atoms with Crippen molar-refractivity contribution in [3.8, 4) is 17.1 Å². The maximum absolute atomic E-state index is 13.0. The normalized spacial score (nSPS) is 14.5. The molecule has 0 saturated carbocycles. The van der Waals surface area contributed by atoms with Gasteiger partial charge in [-0.3, -0.25) is 14.7 Å². The van der Waals surface area contributed by atoms with Crippen molar-refractivity contribution in [2.75, 3.05) is 26.4 Å². The Morgan fingerprint density at radius 2 is 2.00 bits per heavy atom. The molecule has 4 aromatic rings. The van der Waals surface area contributed by atoms with Crippen LogP contribution in [0.15, 0.2) is 59.4 Å². The predicted octanol–water partition coefficient (Wildman–Crippen LogP) is 1.71. The maximum Gasteiger partial charge on any atom is 0.274 e. The van der Waals surface area contributed by atoms with Crippen molar-refractivity contribution >= 4 is 11.7 Å². The molecule has 0 radical (unpaired) electrons. The summed E-state index contributed by atoms with van der Waals surface area (Å²) in [4.78, 5) is 34.5. The summed E-state index contributed by atoms with van der Waals surface area (Å²) in [7, 11) is 0. The van der Waals surface area contributed by atoms with Crippen LogP contribution in [0.2, 0.25) is 0 Å². The highest BCUT2D eigenvalue weighted by Crippen LogP contribution is 2.27. The number of carbonyl (C=O) groups is 1. The number of nitrogens with one attached hydrogen (secondary N) is 2. The largest absolute Gasteiger partial charge is 0.486 e. The Labute approximate surface area is 200 Å². The summed E-state index contributed by atoms with van der Waals surface area (Å²) in [5, 5.41) is 15.5. The van der Waals surface area contributed by atoms with Gasteiger partial charge in [-0.2, -0.15) is 9.50 Å². The average Bonchev–Trinajstić information content (AvgIpc) is 3.28. The van der Waals surface area contributed by atoms with Crippen LogP contribution in [0.25, 0.3) is 17.2 Å². The van der Waals surface area contributed by atoms with E-state index < -0.39 is 5.41 Å². The second-order valence-electron chi connectivity index (χ2n) is 8.73. The molecule has 1 saturated heterocycles. The third-order valence-electron chi connectivity index (χ3n) is 6.04. The van der Waals surface area contributed by atoms with Gasteiger partial charge >= 0.3 is 0 Å². The van der Waals surface area contributed by atoms with Crippen LogP contribution in [0.3, 0.4) is 0 Å². The van der Waals surface area contributed by atoms with E-state index >= 15 is 0 Å². The topological polar surface area (TPSA) is 131 Å². The first-order valence-electron chi connectivity index (χ1n) is 11.2. The molecule has 1 amide bonds. The van der Waals surface area contributed by atoms with E-state index in [1.807, 2.05) is 43.3 Å². The number of fused-ring (bicyclic) bond motifs is 1. The summed E-state index contributed by atoms with van der Waals surface area (Å²) in [5.74, 6) is 0.832. The van der Waals surface area contributed by atoms with Gasteiger partial charge in [0.15, 0.2) is 5.82 Å². The fourth-order valence-corrected chi connectivity index (χ4v) is 3.93. The van der Waals surface area contributed by atoms with Crippen LogP contribution >= 0.6 is 0 Å². The summed E-state index contributed by atoms with van der Waals surface area (Å²) in [6.45, 7) is 2.85. The molecule has 0 unspecified atom stereocenters. The van der Waals surface area contributed by atoms with Crippen molar-refractivity contribution in [3.05, 3.63) is 81.8 Å². The molecule has 10 nitrogen and oxygen atoms in total. The standard InChI is InChI=1S/C25H25N5O5/c1-16-6-5-9-19(21(16)23(33)26-12-25(13-31)14-34-15-25)35-11-18-10-20(32)30-24(27-18)28-22(29-30)17-7-3-2-4-8-17/h2-10,31H,11-15H2,1H3,(H,26,33)(H,27,28,29). The highest BCUT2D eigenvalue weighted by atomic mass is 16.5. The Balaban J connectivity index is 1.35. The number of nitrogens with zero attached hydrogens (tertiary/aromatic N) is 3. The molecule has 0 bridgehead atoms. The van der Waals surface area contributed by atoms with Gasteiger partial charge in [-0.05, 0) is 18.6 Å². The lowest BCUT2D eigenvalue weighted by Crippen LogP contribution is -2.53. The molecule has 3 N–H and O–H groups in total. The number of aryl methyl sites for hydroxylation is 1. The van der Waals surface area contributed by atoms with E-state index in [0.717, 1.165) is 11.1 Å². The van der Waals surface area contributed by atoms with Gasteiger partial charge in [-0.25, -0.2) is 4.98 Å². The highest BCUT2D eigenvalue weighted by molar-refractivity contribution is 5.98. The zero-order valence-electron chi connectivity index (χ0n) is 19.2. The second kappa shape index (κ2) is 9.32. The van der Waals surface area contributed by atoms with Gasteiger partial charge in [0.1, 0.15) is 12.4 Å². The number of aromatic nitrogens is 4. The molecule has 10 heteroatoms. The number of benzene rings is 2. The van der Waals surface area contributed by atoms with Crippen molar-refractivity contribution < 1.29 is 19.4 Å². The molecular weight excluding hydrogens is 450 g/mol. The molecule has 1 fully saturated rings. The van der Waals surface area contributed by atoms with E-state index in [9.17, 15) is 14.7 Å². The lowest BCUT2D eigenvalue weighted by atomic mass is 9.87. The Morgan fingerprint density at radius 3 is 2.71 bits per heavy atom. The number of carbonyl (C=O) groups excluding carboxylic acids is 1. The number of hydrogen-bond donors (Lipinski definition) is 3. The lowest BCUT2D eigenvalue weighted by molar-refractivity contribution is -0.133. The minimum Gasteiger partial charge on any atom is -0.486 e. The van der Waals surface area contributed by atoms with Gasteiger partial charge in [-0.15, -0.1) is 0 Å². The Bertz CT molecular complexity index is 1420. The Kier molecular flexibility index (Phi) is 6.06. The molecule has 0 spiro atoms. The van der Waals surface area contributed by atoms with Crippen molar-refractivity contribution in [2.24, 2.45) is 5.41 Å². The molecule has 1 aliphatic rings. The summed E-state index contributed by atoms with van der Waals surface area (Å²) < 4.78 is 12.4. The maximum atomic E-state index is 13.0. The summed E-state index contributed by atoms with van der Waals surface area (Å²) >= 11 is 0. The van der Waals surface area contributed by atoms with E-state index in [-0.39, 0.29) is 30.5 Å². The number of H-pyrrole nitrogens is 1. The van der Waals surface area contributed by atoms with Crippen LogP contribution in [0.4, 0.5) is 0 Å². The molecule has 0 aliphatic carbocycles. The zero-order valence-corrected chi connectivity index (χ0v) is 19.2. The quantitative estimate of drug-likeness (QED) is 0.354. The predicted molar refractivity (Wildman–Crippen MR) is 127 cm³/mol. The number of ether oxygens (including phenoxy) is 2. The summed E-state index contributed by atoms with van der Waals surface area (Å²) in [5.41, 5.74) is 1.60. The molecule has 0 atom stereocenters. The van der Waals surface area contributed by atoms with Crippen LogP contribution in [0, 0.1) is 12.3 Å². The zero-order chi connectivity index (χ0) is 24.4. The first kappa shape index (κ1) is 22.8. The van der Waals surface area contributed by atoms with E-state index in [2.05, 4.69) is 20.4 Å². The van der Waals surface area contributed by atoms with Crippen LogP contribution in [0.1, 0.15) is 21.6 Å². The van der Waals surface area contributed by atoms with Crippen molar-refractivity contribution in [3.63, 3.8) is 0 Å². The second-order valence-corrected chi connectivity index (χ2v) is 8.73. The van der Waals surface area contributed by atoms with E-state index in [4.69, 9.17) is 9.47 Å². The van der Waals surface area contributed by atoms with Crippen molar-refractivity contribution in [1.29, 1.82) is 0 Å². The average molecular weight is 476 g/mol. The first-order chi connectivity index (χ1) is 17.0. The highest BCUT2D eigenvalue weighted by Gasteiger charge is 2.38. The van der Waals surface area contributed by atoms with E-state index in [1.165, 1.54) is 10.6 Å². The van der Waals surface area contributed by atoms with Gasteiger partial charge in [0.05, 0.1) is 36.5 Å². The number of aliphatic hydroxyl groups excluding tert-OH is 1. The SMILES string of the molecule is Cc1cccc(OCc2cc(=O)n3[nH]c(-c4ccccc4)nc3n2)c1C(=O)NCC1(CO)COC1. The Morgan fingerprint density at radius 1 is 1.20 bits per heavy atom. The van der Waals surface area contributed by atoms with Gasteiger partial charge in [0.2, 0.25) is 0 Å². The smallest absolute Gasteiger partial charge is 0.274 e. The number of hydrogen-bond acceptors (Lipinski definition) is 7. The van der Waals surface area contributed by atoms with Crippen LogP contribution < -0.4 is 15.6 Å². The lowest BCUT2D eigenvalue weighted by Gasteiger charge is -2.39. The van der Waals surface area contributed by atoms with Gasteiger partial charge in [0.25, 0.3) is 17.2 Å². The fraction of sp³-hybridized carbons (Fsp3) is 0.280. The number of aromatic amines is 1. The number of amides is 1. The molecule has 3 heterocycles.